The third kappa shape index (κ3) is 7.28. The molecule has 1 aromatic rings. The van der Waals surface area contributed by atoms with Crippen LogP contribution in [0.1, 0.15) is 47.0 Å². The first-order chi connectivity index (χ1) is 13.5. The molecule has 4 N–H and O–H groups in total. The molecule has 2 rings (SSSR count). The number of likely N-dealkylation sites (tertiary alicyclic amines) is 1. The van der Waals surface area contributed by atoms with E-state index in [-0.39, 0.29) is 17.9 Å². The van der Waals surface area contributed by atoms with Gasteiger partial charge in [0.25, 0.3) is 0 Å². The Kier molecular flexibility index (Phi) is 7.46. The SMILES string of the molecule is CC(=O)N1CC[C@@H](NC(=O)[C@H](CCCn2ccnc2N)NC(=O)OC(C)(C)C)C1. The molecule has 0 aliphatic carbocycles. The van der Waals surface area contributed by atoms with Gasteiger partial charge < -0.3 is 30.6 Å². The van der Waals surface area contributed by atoms with Gasteiger partial charge in [-0.1, -0.05) is 0 Å². The van der Waals surface area contributed by atoms with Crippen LogP contribution in [0.5, 0.6) is 0 Å². The van der Waals surface area contributed by atoms with Gasteiger partial charge in [-0.3, -0.25) is 9.59 Å². The predicted octanol–water partition coefficient (Wildman–Crippen LogP) is 0.876. The first-order valence-corrected chi connectivity index (χ1v) is 9.87. The van der Waals surface area contributed by atoms with Crippen molar-refractivity contribution in [2.75, 3.05) is 18.8 Å². The van der Waals surface area contributed by atoms with Gasteiger partial charge in [0.2, 0.25) is 11.8 Å². The second kappa shape index (κ2) is 9.62. The number of carbonyl (C=O) groups is 3. The van der Waals surface area contributed by atoms with Crippen LogP contribution in [0.2, 0.25) is 0 Å². The summed E-state index contributed by atoms with van der Waals surface area (Å²) < 4.78 is 7.07. The quantitative estimate of drug-likeness (QED) is 0.614. The topological polar surface area (TPSA) is 132 Å². The molecule has 1 fully saturated rings. The normalized spacial score (nSPS) is 17.7. The molecule has 29 heavy (non-hydrogen) atoms. The van der Waals surface area contributed by atoms with Crippen molar-refractivity contribution in [2.45, 2.75) is 71.2 Å². The van der Waals surface area contributed by atoms with E-state index >= 15 is 0 Å². The van der Waals surface area contributed by atoms with Crippen molar-refractivity contribution in [3.05, 3.63) is 12.4 Å². The van der Waals surface area contributed by atoms with Crippen LogP contribution in [-0.4, -0.2) is 63.1 Å². The average Bonchev–Trinajstić information content (AvgIpc) is 3.21. The number of amides is 3. The molecule has 1 saturated heterocycles. The zero-order valence-corrected chi connectivity index (χ0v) is 17.6. The highest BCUT2D eigenvalue weighted by atomic mass is 16.6. The van der Waals surface area contributed by atoms with E-state index < -0.39 is 17.7 Å². The minimum atomic E-state index is -0.749. The van der Waals surface area contributed by atoms with Crippen molar-refractivity contribution < 1.29 is 19.1 Å². The molecule has 2 atom stereocenters. The van der Waals surface area contributed by atoms with Gasteiger partial charge >= 0.3 is 6.09 Å². The Morgan fingerprint density at radius 2 is 2.10 bits per heavy atom. The zero-order chi connectivity index (χ0) is 21.6. The van der Waals surface area contributed by atoms with Gasteiger partial charge in [0.05, 0.1) is 0 Å². The number of hydrogen-bond donors (Lipinski definition) is 3. The molecular formula is C19H32N6O4. The first kappa shape index (κ1) is 22.5. The minimum Gasteiger partial charge on any atom is -0.444 e. The Bertz CT molecular complexity index is 727. The van der Waals surface area contributed by atoms with E-state index in [1.807, 2.05) is 0 Å². The van der Waals surface area contributed by atoms with Crippen LogP contribution in [0.25, 0.3) is 0 Å². The molecule has 1 aromatic heterocycles. The van der Waals surface area contributed by atoms with Crippen molar-refractivity contribution in [1.82, 2.24) is 25.1 Å². The first-order valence-electron chi connectivity index (χ1n) is 9.87. The molecule has 162 valence electrons. The lowest BCUT2D eigenvalue weighted by Gasteiger charge is -2.24. The van der Waals surface area contributed by atoms with Gasteiger partial charge in [-0.15, -0.1) is 0 Å². The monoisotopic (exact) mass is 408 g/mol. The summed E-state index contributed by atoms with van der Waals surface area (Å²) in [4.78, 5) is 42.2. The number of rotatable bonds is 7. The molecule has 0 spiro atoms. The summed E-state index contributed by atoms with van der Waals surface area (Å²) in [6.07, 6.45) is 4.44. The molecule has 1 aliphatic heterocycles. The number of aryl methyl sites for hydroxylation is 1. The molecule has 1 aliphatic rings. The molecule has 0 radical (unpaired) electrons. The number of anilines is 1. The summed E-state index contributed by atoms with van der Waals surface area (Å²) in [5.41, 5.74) is 5.10. The van der Waals surface area contributed by atoms with Crippen molar-refractivity contribution in [2.24, 2.45) is 0 Å². The maximum Gasteiger partial charge on any atom is 0.408 e. The molecule has 0 bridgehead atoms. The fourth-order valence-corrected chi connectivity index (χ4v) is 3.18. The highest BCUT2D eigenvalue weighted by molar-refractivity contribution is 5.86. The lowest BCUT2D eigenvalue weighted by atomic mass is 10.1. The van der Waals surface area contributed by atoms with E-state index in [1.54, 1.807) is 42.6 Å². The minimum absolute atomic E-state index is 0.0110. The summed E-state index contributed by atoms with van der Waals surface area (Å²) in [7, 11) is 0. The Morgan fingerprint density at radius 1 is 1.38 bits per heavy atom. The molecule has 0 aromatic carbocycles. The Balaban J connectivity index is 1.94. The lowest BCUT2D eigenvalue weighted by molar-refractivity contribution is -0.128. The molecule has 10 nitrogen and oxygen atoms in total. The van der Waals surface area contributed by atoms with E-state index in [2.05, 4.69) is 15.6 Å². The number of aromatic nitrogens is 2. The Morgan fingerprint density at radius 3 is 2.66 bits per heavy atom. The number of hydrogen-bond acceptors (Lipinski definition) is 6. The Labute approximate surface area is 171 Å². The number of alkyl carbamates (subject to hydrolysis) is 1. The highest BCUT2D eigenvalue weighted by Gasteiger charge is 2.29. The highest BCUT2D eigenvalue weighted by Crippen LogP contribution is 2.12. The third-order valence-electron chi connectivity index (χ3n) is 4.63. The van der Waals surface area contributed by atoms with Crippen LogP contribution < -0.4 is 16.4 Å². The van der Waals surface area contributed by atoms with Gasteiger partial charge in [0.1, 0.15) is 11.6 Å². The van der Waals surface area contributed by atoms with Crippen molar-refractivity contribution in [1.29, 1.82) is 0 Å². The van der Waals surface area contributed by atoms with Crippen molar-refractivity contribution in [3.8, 4) is 0 Å². The number of carbonyl (C=O) groups excluding carboxylic acids is 3. The Hall–Kier alpha value is -2.78. The van der Waals surface area contributed by atoms with E-state index in [1.165, 1.54) is 6.92 Å². The van der Waals surface area contributed by atoms with Crippen LogP contribution in [0.3, 0.4) is 0 Å². The van der Waals surface area contributed by atoms with Crippen LogP contribution in [0.15, 0.2) is 12.4 Å². The average molecular weight is 409 g/mol. The number of imidazole rings is 1. The smallest absolute Gasteiger partial charge is 0.408 e. The summed E-state index contributed by atoms with van der Waals surface area (Å²) in [6, 6.07) is -0.875. The van der Waals surface area contributed by atoms with Gasteiger partial charge in [-0.25, -0.2) is 9.78 Å². The molecule has 10 heteroatoms. The largest absolute Gasteiger partial charge is 0.444 e. The predicted molar refractivity (Wildman–Crippen MR) is 108 cm³/mol. The fourth-order valence-electron chi connectivity index (χ4n) is 3.18. The van der Waals surface area contributed by atoms with E-state index in [9.17, 15) is 14.4 Å². The number of nitrogens with two attached hydrogens (primary N) is 1. The zero-order valence-electron chi connectivity index (χ0n) is 17.6. The van der Waals surface area contributed by atoms with Crippen LogP contribution in [0.4, 0.5) is 10.7 Å². The van der Waals surface area contributed by atoms with Gasteiger partial charge in [0, 0.05) is 45.0 Å². The third-order valence-corrected chi connectivity index (χ3v) is 4.63. The second-order valence-electron chi connectivity index (χ2n) is 8.28. The maximum absolute atomic E-state index is 12.8. The van der Waals surface area contributed by atoms with Crippen molar-refractivity contribution in [3.63, 3.8) is 0 Å². The molecular weight excluding hydrogens is 376 g/mol. The summed E-state index contributed by atoms with van der Waals surface area (Å²) >= 11 is 0. The standard InChI is InChI=1S/C19H32N6O4/c1-13(26)25-10-7-14(12-25)22-16(27)15(23-18(28)29-19(2,3)4)6-5-9-24-11-8-21-17(24)20/h8,11,14-15H,5-7,9-10,12H2,1-4H3,(H2,20,21)(H,22,27)(H,23,28)/t14-,15+/m1/s1. The maximum atomic E-state index is 12.8. The van der Waals surface area contributed by atoms with Crippen LogP contribution in [-0.2, 0) is 20.9 Å². The van der Waals surface area contributed by atoms with E-state index in [4.69, 9.17) is 10.5 Å². The van der Waals surface area contributed by atoms with Crippen molar-refractivity contribution >= 4 is 23.9 Å². The number of nitrogens with one attached hydrogen (secondary N) is 2. The van der Waals surface area contributed by atoms with Crippen LogP contribution in [0, 0.1) is 0 Å². The molecule has 0 unspecified atom stereocenters. The summed E-state index contributed by atoms with van der Waals surface area (Å²) in [5, 5.41) is 5.61. The molecule has 3 amide bonds. The van der Waals surface area contributed by atoms with Gasteiger partial charge in [-0.05, 0) is 40.0 Å². The molecule has 0 saturated carbocycles. The van der Waals surface area contributed by atoms with Crippen LogP contribution >= 0.6 is 0 Å². The second-order valence-corrected chi connectivity index (χ2v) is 8.28. The number of ether oxygens (including phenoxy) is 1. The molecule has 2 heterocycles. The van der Waals surface area contributed by atoms with Gasteiger partial charge in [0.15, 0.2) is 5.95 Å². The fraction of sp³-hybridized carbons (Fsp3) is 0.684. The summed E-state index contributed by atoms with van der Waals surface area (Å²) in [6.45, 7) is 8.47. The number of nitrogens with zero attached hydrogens (tertiary/aromatic N) is 3. The van der Waals surface area contributed by atoms with Gasteiger partial charge in [-0.2, -0.15) is 0 Å². The number of nitrogen functional groups attached to an aromatic ring is 1. The van der Waals surface area contributed by atoms with E-state index in [0.29, 0.717) is 44.8 Å². The lowest BCUT2D eigenvalue weighted by Crippen LogP contribution is -2.51. The summed E-state index contributed by atoms with van der Waals surface area (Å²) in [5.74, 6) is 0.106. The van der Waals surface area contributed by atoms with E-state index in [0.717, 1.165) is 0 Å².